The fourth-order valence-electron chi connectivity index (χ4n) is 1.27. The van der Waals surface area contributed by atoms with Gasteiger partial charge in [-0.15, -0.1) is 0 Å². The maximum absolute atomic E-state index is 8.76. The molecule has 0 spiro atoms. The minimum atomic E-state index is 0.125. The second-order valence-corrected chi connectivity index (χ2v) is 4.41. The predicted molar refractivity (Wildman–Crippen MR) is 65.2 cm³/mol. The highest BCUT2D eigenvalue weighted by Crippen LogP contribution is 2.10. The standard InChI is InChI=1S/C12H15BrN2/c1-2-10(7-14)8-15-9-11-3-5-12(13)6-4-11/h3-6,10,15H,2,8-9H2,1H3. The minimum Gasteiger partial charge on any atom is -0.311 e. The molecular weight excluding hydrogens is 252 g/mol. The van der Waals surface area contributed by atoms with Crippen molar-refractivity contribution < 1.29 is 0 Å². The van der Waals surface area contributed by atoms with Crippen LogP contribution < -0.4 is 5.32 Å². The van der Waals surface area contributed by atoms with E-state index in [-0.39, 0.29) is 5.92 Å². The Kier molecular flexibility index (Phi) is 5.38. The van der Waals surface area contributed by atoms with Crippen LogP contribution in [0.1, 0.15) is 18.9 Å². The lowest BCUT2D eigenvalue weighted by Gasteiger charge is -2.08. The zero-order chi connectivity index (χ0) is 11.1. The normalized spacial score (nSPS) is 12.1. The molecule has 3 heteroatoms. The number of nitrogens with zero attached hydrogens (tertiary/aromatic N) is 1. The van der Waals surface area contributed by atoms with Crippen LogP contribution in [0.4, 0.5) is 0 Å². The van der Waals surface area contributed by atoms with Crippen molar-refractivity contribution in [2.75, 3.05) is 6.54 Å². The molecule has 80 valence electrons. The molecule has 0 heterocycles. The fraction of sp³-hybridized carbons (Fsp3) is 0.417. The van der Waals surface area contributed by atoms with Gasteiger partial charge in [0.2, 0.25) is 0 Å². The minimum absolute atomic E-state index is 0.125. The van der Waals surface area contributed by atoms with Crippen LogP contribution in [0.3, 0.4) is 0 Å². The third kappa shape index (κ3) is 4.46. The lowest BCUT2D eigenvalue weighted by atomic mass is 10.1. The highest BCUT2D eigenvalue weighted by molar-refractivity contribution is 9.10. The van der Waals surface area contributed by atoms with E-state index in [0.29, 0.717) is 0 Å². The topological polar surface area (TPSA) is 35.8 Å². The van der Waals surface area contributed by atoms with Gasteiger partial charge in [-0.2, -0.15) is 5.26 Å². The predicted octanol–water partition coefficient (Wildman–Crippen LogP) is 3.09. The summed E-state index contributed by atoms with van der Waals surface area (Å²) in [5.41, 5.74) is 1.24. The van der Waals surface area contributed by atoms with E-state index < -0.39 is 0 Å². The summed E-state index contributed by atoms with van der Waals surface area (Å²) >= 11 is 3.40. The molecule has 1 N–H and O–H groups in total. The molecule has 0 saturated heterocycles. The number of hydrogen-bond acceptors (Lipinski definition) is 2. The highest BCUT2D eigenvalue weighted by Gasteiger charge is 2.02. The number of benzene rings is 1. The monoisotopic (exact) mass is 266 g/mol. The smallest absolute Gasteiger partial charge is 0.0669 e. The first-order valence-corrected chi connectivity index (χ1v) is 5.90. The molecule has 2 nitrogen and oxygen atoms in total. The van der Waals surface area contributed by atoms with Crippen LogP contribution in [-0.2, 0) is 6.54 Å². The van der Waals surface area contributed by atoms with Crippen molar-refractivity contribution >= 4 is 15.9 Å². The summed E-state index contributed by atoms with van der Waals surface area (Å²) in [6.45, 7) is 3.63. The molecule has 0 saturated carbocycles. The van der Waals surface area contributed by atoms with E-state index in [1.807, 2.05) is 19.1 Å². The SMILES string of the molecule is CCC(C#N)CNCc1ccc(Br)cc1. The van der Waals surface area contributed by atoms with Crippen LogP contribution >= 0.6 is 15.9 Å². The molecule has 0 fully saturated rings. The average molecular weight is 267 g/mol. The molecule has 0 radical (unpaired) electrons. The van der Waals surface area contributed by atoms with Crippen LogP contribution in [-0.4, -0.2) is 6.54 Å². The van der Waals surface area contributed by atoms with Gasteiger partial charge >= 0.3 is 0 Å². The van der Waals surface area contributed by atoms with E-state index in [2.05, 4.69) is 39.4 Å². The molecule has 15 heavy (non-hydrogen) atoms. The Morgan fingerprint density at radius 3 is 2.60 bits per heavy atom. The van der Waals surface area contributed by atoms with Crippen molar-refractivity contribution in [1.29, 1.82) is 5.26 Å². The average Bonchev–Trinajstić information content (AvgIpc) is 2.27. The maximum Gasteiger partial charge on any atom is 0.0669 e. The molecule has 1 aromatic rings. The zero-order valence-corrected chi connectivity index (χ0v) is 10.4. The number of halogens is 1. The van der Waals surface area contributed by atoms with Gasteiger partial charge in [0.15, 0.2) is 0 Å². The van der Waals surface area contributed by atoms with Crippen LogP contribution in [0.2, 0.25) is 0 Å². The number of rotatable bonds is 5. The van der Waals surface area contributed by atoms with Crippen LogP contribution in [0.5, 0.6) is 0 Å². The van der Waals surface area contributed by atoms with Gasteiger partial charge in [0.05, 0.1) is 12.0 Å². The van der Waals surface area contributed by atoms with Gasteiger partial charge < -0.3 is 5.32 Å². The van der Waals surface area contributed by atoms with E-state index >= 15 is 0 Å². The van der Waals surface area contributed by atoms with E-state index in [4.69, 9.17) is 5.26 Å². The number of hydrogen-bond donors (Lipinski definition) is 1. The van der Waals surface area contributed by atoms with E-state index in [0.717, 1.165) is 24.0 Å². The van der Waals surface area contributed by atoms with Crippen molar-refractivity contribution in [2.45, 2.75) is 19.9 Å². The van der Waals surface area contributed by atoms with Gasteiger partial charge in [-0.25, -0.2) is 0 Å². The molecule has 1 aromatic carbocycles. The lowest BCUT2D eigenvalue weighted by molar-refractivity contribution is 0.553. The molecule has 0 aliphatic rings. The van der Waals surface area contributed by atoms with Gasteiger partial charge in [-0.1, -0.05) is 35.0 Å². The zero-order valence-electron chi connectivity index (χ0n) is 8.83. The van der Waals surface area contributed by atoms with Gasteiger partial charge in [0.1, 0.15) is 0 Å². The molecule has 0 aromatic heterocycles. The molecular formula is C12H15BrN2. The van der Waals surface area contributed by atoms with Crippen LogP contribution in [0.25, 0.3) is 0 Å². The Morgan fingerprint density at radius 2 is 2.07 bits per heavy atom. The summed E-state index contributed by atoms with van der Waals surface area (Å²) in [7, 11) is 0. The first kappa shape index (κ1) is 12.2. The quantitative estimate of drug-likeness (QED) is 0.889. The van der Waals surface area contributed by atoms with Crippen molar-refractivity contribution in [1.82, 2.24) is 5.32 Å². The number of nitrogens with one attached hydrogen (secondary N) is 1. The second-order valence-electron chi connectivity index (χ2n) is 3.49. The summed E-state index contributed by atoms with van der Waals surface area (Å²) in [5, 5.41) is 12.0. The third-order valence-corrected chi connectivity index (χ3v) is 2.84. The van der Waals surface area contributed by atoms with Gasteiger partial charge in [-0.3, -0.25) is 0 Å². The van der Waals surface area contributed by atoms with Gasteiger partial charge in [0, 0.05) is 17.6 Å². The Labute approximate surface area is 99.4 Å². The summed E-state index contributed by atoms with van der Waals surface area (Å²) in [6.07, 6.45) is 0.907. The van der Waals surface area contributed by atoms with Crippen molar-refractivity contribution in [2.24, 2.45) is 5.92 Å². The van der Waals surface area contributed by atoms with Gasteiger partial charge in [0.25, 0.3) is 0 Å². The van der Waals surface area contributed by atoms with E-state index in [1.165, 1.54) is 5.56 Å². The highest BCUT2D eigenvalue weighted by atomic mass is 79.9. The lowest BCUT2D eigenvalue weighted by Crippen LogP contribution is -2.21. The molecule has 0 aliphatic heterocycles. The Hall–Kier alpha value is -0.850. The van der Waals surface area contributed by atoms with Crippen LogP contribution in [0.15, 0.2) is 28.7 Å². The third-order valence-electron chi connectivity index (χ3n) is 2.31. The van der Waals surface area contributed by atoms with E-state index in [9.17, 15) is 0 Å². The summed E-state index contributed by atoms with van der Waals surface area (Å²) in [6, 6.07) is 10.5. The van der Waals surface area contributed by atoms with Crippen molar-refractivity contribution in [3.8, 4) is 6.07 Å². The fourth-order valence-corrected chi connectivity index (χ4v) is 1.54. The molecule has 0 aliphatic carbocycles. The number of nitriles is 1. The first-order chi connectivity index (χ1) is 7.26. The Bertz CT molecular complexity index is 326. The largest absolute Gasteiger partial charge is 0.311 e. The Morgan fingerprint density at radius 1 is 1.40 bits per heavy atom. The second kappa shape index (κ2) is 6.60. The molecule has 1 rings (SSSR count). The molecule has 1 atom stereocenters. The molecule has 0 amide bonds. The van der Waals surface area contributed by atoms with Crippen LogP contribution in [0, 0.1) is 17.2 Å². The summed E-state index contributed by atoms with van der Waals surface area (Å²) in [5.74, 6) is 0.125. The van der Waals surface area contributed by atoms with E-state index in [1.54, 1.807) is 0 Å². The van der Waals surface area contributed by atoms with Gasteiger partial charge in [-0.05, 0) is 24.1 Å². The summed E-state index contributed by atoms with van der Waals surface area (Å²) in [4.78, 5) is 0. The Balaban J connectivity index is 2.32. The summed E-state index contributed by atoms with van der Waals surface area (Å²) < 4.78 is 1.09. The van der Waals surface area contributed by atoms with Crippen molar-refractivity contribution in [3.05, 3.63) is 34.3 Å². The molecule has 1 unspecified atom stereocenters. The first-order valence-electron chi connectivity index (χ1n) is 5.11. The molecule has 0 bridgehead atoms. The van der Waals surface area contributed by atoms with Crippen molar-refractivity contribution in [3.63, 3.8) is 0 Å². The maximum atomic E-state index is 8.76.